The molecule has 2 fully saturated rings. The van der Waals surface area contributed by atoms with Crippen LogP contribution in [0.25, 0.3) is 0 Å². The molecule has 0 aromatic carbocycles. The van der Waals surface area contributed by atoms with E-state index in [0.717, 1.165) is 31.0 Å². The summed E-state index contributed by atoms with van der Waals surface area (Å²) in [6.07, 6.45) is 4.52. The average molecular weight is 310 g/mol. The zero-order valence-corrected chi connectivity index (χ0v) is 13.8. The van der Waals surface area contributed by atoms with Gasteiger partial charge < -0.3 is 9.15 Å². The van der Waals surface area contributed by atoms with Gasteiger partial charge in [0.25, 0.3) is 0 Å². The summed E-state index contributed by atoms with van der Waals surface area (Å²) >= 11 is 2.04. The Morgan fingerprint density at radius 2 is 2.14 bits per heavy atom. The number of nitrogens with one attached hydrogen (secondary N) is 1. The summed E-state index contributed by atoms with van der Waals surface area (Å²) in [5, 5.41) is 0. The number of hydrogen-bond donors (Lipinski definition) is 2. The van der Waals surface area contributed by atoms with Crippen LogP contribution in [-0.2, 0) is 4.74 Å². The summed E-state index contributed by atoms with van der Waals surface area (Å²) in [5.41, 5.74) is 4.35. The fourth-order valence-corrected chi connectivity index (χ4v) is 5.12. The van der Waals surface area contributed by atoms with Gasteiger partial charge in [0, 0.05) is 12.2 Å². The van der Waals surface area contributed by atoms with Crippen LogP contribution in [0.2, 0.25) is 0 Å². The fraction of sp³-hybridized carbons (Fsp3) is 0.750. The van der Waals surface area contributed by atoms with E-state index in [0.29, 0.717) is 5.92 Å². The van der Waals surface area contributed by atoms with Gasteiger partial charge in [-0.1, -0.05) is 0 Å². The zero-order valence-electron chi connectivity index (χ0n) is 13.0. The molecule has 3 N–H and O–H groups in total. The van der Waals surface area contributed by atoms with E-state index in [1.807, 2.05) is 25.6 Å². The lowest BCUT2D eigenvalue weighted by atomic mass is 9.77. The number of ether oxygens (including phenoxy) is 1. The molecule has 2 atom stereocenters. The Bertz CT molecular complexity index is 477. The summed E-state index contributed by atoms with van der Waals surface area (Å²) in [4.78, 5) is 0. The number of aryl methyl sites for hydroxylation is 2. The van der Waals surface area contributed by atoms with Crippen molar-refractivity contribution in [2.75, 3.05) is 18.1 Å². The molecule has 1 spiro atoms. The first-order valence-electron chi connectivity index (χ1n) is 7.88. The van der Waals surface area contributed by atoms with E-state index in [1.54, 1.807) is 0 Å². The molecule has 0 aliphatic carbocycles. The van der Waals surface area contributed by atoms with Gasteiger partial charge in [-0.2, -0.15) is 11.8 Å². The van der Waals surface area contributed by atoms with E-state index in [4.69, 9.17) is 15.0 Å². The highest BCUT2D eigenvalue weighted by atomic mass is 32.2. The molecule has 0 amide bonds. The molecule has 2 aliphatic rings. The average Bonchev–Trinajstić information content (AvgIpc) is 2.80. The molecule has 21 heavy (non-hydrogen) atoms. The van der Waals surface area contributed by atoms with Crippen molar-refractivity contribution in [3.05, 3.63) is 23.2 Å². The molecule has 0 radical (unpaired) electrons. The van der Waals surface area contributed by atoms with Crippen molar-refractivity contribution in [1.29, 1.82) is 0 Å². The molecule has 2 aliphatic heterocycles. The Morgan fingerprint density at radius 1 is 1.38 bits per heavy atom. The van der Waals surface area contributed by atoms with Crippen LogP contribution >= 0.6 is 11.8 Å². The fourth-order valence-electron chi connectivity index (χ4n) is 3.88. The second-order valence-electron chi connectivity index (χ2n) is 6.41. The Balaban J connectivity index is 1.78. The van der Waals surface area contributed by atoms with Gasteiger partial charge in [-0.3, -0.25) is 11.3 Å². The summed E-state index contributed by atoms with van der Waals surface area (Å²) in [6.45, 7) is 4.87. The lowest BCUT2D eigenvalue weighted by molar-refractivity contribution is -0.107. The van der Waals surface area contributed by atoms with Gasteiger partial charge in [0.05, 0.1) is 11.6 Å². The summed E-state index contributed by atoms with van der Waals surface area (Å²) in [6, 6.07) is 2.29. The molecule has 3 rings (SSSR count). The number of furan rings is 1. The molecule has 2 unspecified atom stereocenters. The highest BCUT2D eigenvalue weighted by Crippen LogP contribution is 2.44. The van der Waals surface area contributed by atoms with Crippen molar-refractivity contribution in [1.82, 2.24) is 5.43 Å². The molecule has 3 heterocycles. The molecule has 1 aromatic rings. The molecule has 4 nitrogen and oxygen atoms in total. The van der Waals surface area contributed by atoms with Crippen LogP contribution in [0.1, 0.15) is 48.8 Å². The molecule has 118 valence electrons. The van der Waals surface area contributed by atoms with E-state index in [-0.39, 0.29) is 11.6 Å². The lowest BCUT2D eigenvalue weighted by Gasteiger charge is -2.45. The third-order valence-corrected chi connectivity index (χ3v) is 5.99. The quantitative estimate of drug-likeness (QED) is 0.663. The number of hydrazine groups is 1. The van der Waals surface area contributed by atoms with Crippen LogP contribution in [0, 0.1) is 19.8 Å². The molecule has 1 aromatic heterocycles. The van der Waals surface area contributed by atoms with E-state index in [1.165, 1.54) is 29.9 Å². The number of rotatable bonds is 3. The Hall–Kier alpha value is -0.490. The first-order chi connectivity index (χ1) is 10.1. The van der Waals surface area contributed by atoms with Crippen LogP contribution in [0.4, 0.5) is 0 Å². The number of nitrogens with two attached hydrogens (primary N) is 1. The Labute approximate surface area is 131 Å². The van der Waals surface area contributed by atoms with Crippen molar-refractivity contribution < 1.29 is 9.15 Å². The number of hydrogen-bond acceptors (Lipinski definition) is 5. The van der Waals surface area contributed by atoms with Crippen molar-refractivity contribution in [2.24, 2.45) is 11.8 Å². The van der Waals surface area contributed by atoms with Gasteiger partial charge in [0.2, 0.25) is 0 Å². The maximum Gasteiger partial charge on any atom is 0.105 e. The van der Waals surface area contributed by atoms with Crippen molar-refractivity contribution in [3.8, 4) is 0 Å². The van der Waals surface area contributed by atoms with E-state index in [2.05, 4.69) is 11.5 Å². The minimum Gasteiger partial charge on any atom is -0.466 e. The topological polar surface area (TPSA) is 60.4 Å². The van der Waals surface area contributed by atoms with Gasteiger partial charge in [-0.05, 0) is 63.0 Å². The van der Waals surface area contributed by atoms with Gasteiger partial charge in [0.15, 0.2) is 0 Å². The number of thioether (sulfide) groups is 1. The van der Waals surface area contributed by atoms with Gasteiger partial charge in [-0.15, -0.1) is 0 Å². The smallest absolute Gasteiger partial charge is 0.105 e. The van der Waals surface area contributed by atoms with Crippen LogP contribution in [0.3, 0.4) is 0 Å². The SMILES string of the molecule is Cc1cc(C(NN)C2CCOC3(CCSCC3)C2)c(C)o1. The van der Waals surface area contributed by atoms with Crippen LogP contribution in [-0.4, -0.2) is 23.7 Å². The normalized spacial score (nSPS) is 26.9. The van der Waals surface area contributed by atoms with E-state index in [9.17, 15) is 0 Å². The molecule has 0 saturated carbocycles. The lowest BCUT2D eigenvalue weighted by Crippen LogP contribution is -2.46. The minimum atomic E-state index is 0.0932. The highest BCUT2D eigenvalue weighted by molar-refractivity contribution is 7.99. The first-order valence-corrected chi connectivity index (χ1v) is 9.04. The largest absolute Gasteiger partial charge is 0.466 e. The molecular weight excluding hydrogens is 284 g/mol. The van der Waals surface area contributed by atoms with Crippen molar-refractivity contribution in [3.63, 3.8) is 0 Å². The molecule has 2 saturated heterocycles. The summed E-state index contributed by atoms with van der Waals surface area (Å²) < 4.78 is 11.9. The zero-order chi connectivity index (χ0) is 14.9. The first kappa shape index (κ1) is 15.4. The van der Waals surface area contributed by atoms with Gasteiger partial charge in [0.1, 0.15) is 11.5 Å². The summed E-state index contributed by atoms with van der Waals surface area (Å²) in [5.74, 6) is 10.8. The van der Waals surface area contributed by atoms with Crippen molar-refractivity contribution >= 4 is 11.8 Å². The predicted octanol–water partition coefficient (Wildman–Crippen LogP) is 3.09. The third kappa shape index (κ3) is 3.16. The minimum absolute atomic E-state index is 0.0932. The van der Waals surface area contributed by atoms with Crippen LogP contribution < -0.4 is 11.3 Å². The summed E-state index contributed by atoms with van der Waals surface area (Å²) in [7, 11) is 0. The van der Waals surface area contributed by atoms with E-state index < -0.39 is 0 Å². The highest BCUT2D eigenvalue weighted by Gasteiger charge is 2.41. The Kier molecular flexibility index (Phi) is 4.64. The van der Waals surface area contributed by atoms with Crippen LogP contribution in [0.15, 0.2) is 10.5 Å². The standard InChI is InChI=1S/C16H26N2O2S/c1-11-9-14(12(2)20-11)15(18-17)13-3-6-19-16(10-13)4-7-21-8-5-16/h9,13,15,18H,3-8,10,17H2,1-2H3. The van der Waals surface area contributed by atoms with E-state index >= 15 is 0 Å². The van der Waals surface area contributed by atoms with Gasteiger partial charge >= 0.3 is 0 Å². The predicted molar refractivity (Wildman–Crippen MR) is 86.2 cm³/mol. The van der Waals surface area contributed by atoms with Crippen LogP contribution in [0.5, 0.6) is 0 Å². The monoisotopic (exact) mass is 310 g/mol. The second kappa shape index (κ2) is 6.32. The second-order valence-corrected chi connectivity index (χ2v) is 7.63. The molecule has 0 bridgehead atoms. The molecule has 5 heteroatoms. The maximum absolute atomic E-state index is 6.20. The van der Waals surface area contributed by atoms with Gasteiger partial charge in [-0.25, -0.2) is 0 Å². The maximum atomic E-state index is 6.20. The van der Waals surface area contributed by atoms with Crippen molar-refractivity contribution in [2.45, 2.75) is 51.2 Å². The third-order valence-electron chi connectivity index (χ3n) is 5.00. The molecular formula is C16H26N2O2S. The Morgan fingerprint density at radius 3 is 2.76 bits per heavy atom.